The number of carbonyl (C=O) groups is 1. The van der Waals surface area contributed by atoms with Crippen LogP contribution in [-0.2, 0) is 24.5 Å². The van der Waals surface area contributed by atoms with Gasteiger partial charge in [-0.05, 0) is 19.1 Å². The lowest BCUT2D eigenvalue weighted by Gasteiger charge is -2.00. The molecule has 0 spiro atoms. The molecule has 1 amide bonds. The molecule has 7 nitrogen and oxygen atoms in total. The summed E-state index contributed by atoms with van der Waals surface area (Å²) in [5.74, 6) is 2.92. The van der Waals surface area contributed by atoms with Crippen molar-refractivity contribution in [2.24, 2.45) is 5.84 Å². The van der Waals surface area contributed by atoms with Gasteiger partial charge in [-0.2, -0.15) is 0 Å². The second kappa shape index (κ2) is 6.16. The summed E-state index contributed by atoms with van der Waals surface area (Å²) < 4.78 is 46.7. The van der Waals surface area contributed by atoms with Gasteiger partial charge in [0, 0.05) is 10.8 Å². The van der Waals surface area contributed by atoms with Crippen LogP contribution in [0.15, 0.2) is 40.0 Å². The van der Waals surface area contributed by atoms with E-state index in [1.165, 1.54) is 12.1 Å². The van der Waals surface area contributed by atoms with Crippen molar-refractivity contribution in [2.45, 2.75) is 11.8 Å². The van der Waals surface area contributed by atoms with Crippen LogP contribution in [0.4, 0.5) is 0 Å². The van der Waals surface area contributed by atoms with Gasteiger partial charge in [0.2, 0.25) is 15.7 Å². The van der Waals surface area contributed by atoms with Crippen LogP contribution in [0.25, 0.3) is 0 Å². The molecule has 9 heteroatoms. The molecule has 0 heterocycles. The summed E-state index contributed by atoms with van der Waals surface area (Å²) in [4.78, 5) is 10.8. The third-order valence-corrected chi connectivity index (χ3v) is 5.10. The van der Waals surface area contributed by atoms with Crippen molar-refractivity contribution in [3.05, 3.63) is 40.6 Å². The van der Waals surface area contributed by atoms with Crippen LogP contribution in [0.5, 0.6) is 0 Å². The Balaban J connectivity index is 2.99. The monoisotopic (exact) mass is 318 g/mol. The van der Waals surface area contributed by atoms with E-state index < -0.39 is 31.3 Å². The maximum atomic E-state index is 11.9. The molecule has 1 aromatic carbocycles. The summed E-state index contributed by atoms with van der Waals surface area (Å²) >= 11 is 0. The fourth-order valence-electron chi connectivity index (χ4n) is 1.24. The quantitative estimate of drug-likeness (QED) is 0.434. The minimum atomic E-state index is -3.99. The van der Waals surface area contributed by atoms with Gasteiger partial charge in [0.15, 0.2) is 9.84 Å². The van der Waals surface area contributed by atoms with Gasteiger partial charge in [-0.3, -0.25) is 10.2 Å². The zero-order valence-electron chi connectivity index (χ0n) is 10.6. The third-order valence-electron chi connectivity index (χ3n) is 2.28. The van der Waals surface area contributed by atoms with E-state index in [-0.39, 0.29) is 4.90 Å². The number of sulfone groups is 2. The molecule has 0 aliphatic rings. The van der Waals surface area contributed by atoms with E-state index in [4.69, 9.17) is 5.84 Å². The van der Waals surface area contributed by atoms with Gasteiger partial charge in [-0.15, -0.1) is 0 Å². The molecule has 0 aromatic heterocycles. The Morgan fingerprint density at radius 2 is 1.70 bits per heavy atom. The zero-order chi connectivity index (χ0) is 15.4. The summed E-state index contributed by atoms with van der Waals surface area (Å²) in [6.07, 6.45) is 0. The lowest BCUT2D eigenvalue weighted by Crippen LogP contribution is -2.34. The molecule has 0 bridgehead atoms. The number of hydrogen-bond donors (Lipinski definition) is 2. The Morgan fingerprint density at radius 3 is 2.20 bits per heavy atom. The van der Waals surface area contributed by atoms with E-state index >= 15 is 0 Å². The number of aryl methyl sites for hydroxylation is 1. The number of nitrogens with two attached hydrogens (primary N) is 1. The fourth-order valence-corrected chi connectivity index (χ4v) is 3.72. The summed E-state index contributed by atoms with van der Waals surface area (Å²) in [5, 5.41) is 1.04. The molecular formula is C11H14N2O5S2. The van der Waals surface area contributed by atoms with Crippen molar-refractivity contribution in [2.75, 3.05) is 5.75 Å². The maximum absolute atomic E-state index is 11.9. The van der Waals surface area contributed by atoms with Gasteiger partial charge in [0.25, 0.3) is 0 Å². The standard InChI is InChI=1S/C11H14N2O5S2/c1-9-2-4-10(5-3-9)20(17,18)7-6-19(15,16)8-11(14)13-12/h2-7H,8,12H2,1H3,(H,13,14). The molecule has 0 aliphatic carbocycles. The first kappa shape index (κ1) is 16.3. The highest BCUT2D eigenvalue weighted by Crippen LogP contribution is 2.13. The molecule has 3 N–H and O–H groups in total. The van der Waals surface area contributed by atoms with Gasteiger partial charge in [0.1, 0.15) is 5.75 Å². The van der Waals surface area contributed by atoms with Crippen LogP contribution >= 0.6 is 0 Å². The highest BCUT2D eigenvalue weighted by Gasteiger charge is 2.16. The second-order valence-corrected chi connectivity index (χ2v) is 7.73. The maximum Gasteiger partial charge on any atom is 0.249 e. The molecule has 0 saturated carbocycles. The highest BCUT2D eigenvalue weighted by atomic mass is 32.2. The van der Waals surface area contributed by atoms with Crippen molar-refractivity contribution in [3.63, 3.8) is 0 Å². The average molecular weight is 318 g/mol. The van der Waals surface area contributed by atoms with Crippen molar-refractivity contribution in [3.8, 4) is 0 Å². The zero-order valence-corrected chi connectivity index (χ0v) is 12.2. The lowest BCUT2D eigenvalue weighted by atomic mass is 10.2. The van der Waals surface area contributed by atoms with E-state index in [0.717, 1.165) is 5.56 Å². The molecular weight excluding hydrogens is 304 g/mol. The molecule has 0 unspecified atom stereocenters. The first-order valence-corrected chi connectivity index (χ1v) is 8.64. The minimum absolute atomic E-state index is 0.0298. The normalized spacial score (nSPS) is 12.5. The van der Waals surface area contributed by atoms with Crippen molar-refractivity contribution >= 4 is 25.6 Å². The van der Waals surface area contributed by atoms with Gasteiger partial charge in [-0.1, -0.05) is 17.7 Å². The summed E-state index contributed by atoms with van der Waals surface area (Å²) in [5.41, 5.74) is 2.53. The Morgan fingerprint density at radius 1 is 1.15 bits per heavy atom. The molecule has 0 radical (unpaired) electrons. The Bertz CT molecular complexity index is 719. The molecule has 1 rings (SSSR count). The second-order valence-electron chi connectivity index (χ2n) is 4.00. The summed E-state index contributed by atoms with van der Waals surface area (Å²) in [7, 11) is -7.87. The number of carbonyl (C=O) groups excluding carboxylic acids is 1. The van der Waals surface area contributed by atoms with E-state index in [0.29, 0.717) is 10.8 Å². The Kier molecular flexibility index (Phi) is 5.03. The smallest absolute Gasteiger partial charge is 0.249 e. The van der Waals surface area contributed by atoms with Gasteiger partial charge < -0.3 is 0 Å². The Hall–Kier alpha value is -1.71. The molecule has 0 saturated heterocycles. The van der Waals surface area contributed by atoms with Crippen LogP contribution in [0.1, 0.15) is 5.56 Å². The average Bonchev–Trinajstić information content (AvgIpc) is 2.37. The number of benzene rings is 1. The summed E-state index contributed by atoms with van der Waals surface area (Å²) in [6.45, 7) is 1.79. The van der Waals surface area contributed by atoms with Crippen molar-refractivity contribution in [1.29, 1.82) is 0 Å². The topological polar surface area (TPSA) is 123 Å². The number of hydrogen-bond acceptors (Lipinski definition) is 6. The lowest BCUT2D eigenvalue weighted by molar-refractivity contribution is -0.118. The summed E-state index contributed by atoms with van der Waals surface area (Å²) in [6, 6.07) is 5.93. The molecule has 110 valence electrons. The van der Waals surface area contributed by atoms with Crippen LogP contribution in [0, 0.1) is 6.92 Å². The van der Waals surface area contributed by atoms with Crippen LogP contribution < -0.4 is 11.3 Å². The first-order chi connectivity index (χ1) is 9.16. The van der Waals surface area contributed by atoms with Crippen molar-refractivity contribution in [1.82, 2.24) is 5.43 Å². The van der Waals surface area contributed by atoms with Crippen LogP contribution in [0.2, 0.25) is 0 Å². The van der Waals surface area contributed by atoms with E-state index in [1.54, 1.807) is 24.5 Å². The Labute approximate surface area is 117 Å². The predicted octanol–water partition coefficient (Wildman–Crippen LogP) is -0.355. The van der Waals surface area contributed by atoms with Crippen molar-refractivity contribution < 1.29 is 21.6 Å². The minimum Gasteiger partial charge on any atom is -0.293 e. The largest absolute Gasteiger partial charge is 0.293 e. The highest BCUT2D eigenvalue weighted by molar-refractivity contribution is 7.98. The molecule has 20 heavy (non-hydrogen) atoms. The van der Waals surface area contributed by atoms with E-state index in [2.05, 4.69) is 0 Å². The fraction of sp³-hybridized carbons (Fsp3) is 0.182. The molecule has 1 aromatic rings. The predicted molar refractivity (Wildman–Crippen MR) is 73.6 cm³/mol. The van der Waals surface area contributed by atoms with Gasteiger partial charge in [0.05, 0.1) is 4.90 Å². The van der Waals surface area contributed by atoms with Crippen LogP contribution in [0.3, 0.4) is 0 Å². The SMILES string of the molecule is Cc1ccc(S(=O)(=O)C=CS(=O)(=O)CC(=O)NN)cc1. The van der Waals surface area contributed by atoms with Gasteiger partial charge >= 0.3 is 0 Å². The van der Waals surface area contributed by atoms with E-state index in [1.807, 2.05) is 0 Å². The third kappa shape index (κ3) is 4.76. The first-order valence-electron chi connectivity index (χ1n) is 5.38. The number of amides is 1. The van der Waals surface area contributed by atoms with Gasteiger partial charge in [-0.25, -0.2) is 22.7 Å². The number of hydrazine groups is 1. The number of nitrogens with one attached hydrogen (secondary N) is 1. The number of rotatable bonds is 5. The van der Waals surface area contributed by atoms with E-state index in [9.17, 15) is 21.6 Å². The molecule has 0 atom stereocenters. The molecule has 0 fully saturated rings. The molecule has 0 aliphatic heterocycles. The van der Waals surface area contributed by atoms with Crippen LogP contribution in [-0.4, -0.2) is 28.5 Å².